The molecule has 0 atom stereocenters. The first-order chi connectivity index (χ1) is 12.0. The van der Waals surface area contributed by atoms with E-state index >= 15 is 0 Å². The van der Waals surface area contributed by atoms with Gasteiger partial charge in [0.15, 0.2) is 0 Å². The van der Waals surface area contributed by atoms with E-state index in [4.69, 9.17) is 11.6 Å². The van der Waals surface area contributed by atoms with E-state index in [9.17, 15) is 4.79 Å². The quantitative estimate of drug-likeness (QED) is 0.748. The number of carbonyl (C=O) groups excluding carboxylic acids is 1. The Balaban J connectivity index is 1.77. The summed E-state index contributed by atoms with van der Waals surface area (Å²) in [7, 11) is 0. The van der Waals surface area contributed by atoms with Crippen LogP contribution >= 0.6 is 11.6 Å². The summed E-state index contributed by atoms with van der Waals surface area (Å²) < 4.78 is 0. The molecule has 25 heavy (non-hydrogen) atoms. The third-order valence-electron chi connectivity index (χ3n) is 3.92. The second-order valence-corrected chi connectivity index (χ2v) is 6.30. The van der Waals surface area contributed by atoms with Crippen LogP contribution in [-0.2, 0) is 6.42 Å². The van der Waals surface area contributed by atoms with Crippen LogP contribution in [0.4, 0.5) is 5.69 Å². The van der Waals surface area contributed by atoms with Gasteiger partial charge in [0.25, 0.3) is 5.91 Å². The summed E-state index contributed by atoms with van der Waals surface area (Å²) in [5.41, 5.74) is 3.88. The van der Waals surface area contributed by atoms with E-state index in [0.29, 0.717) is 28.5 Å². The minimum absolute atomic E-state index is 0.228. The lowest BCUT2D eigenvalue weighted by Crippen LogP contribution is -2.16. The lowest BCUT2D eigenvalue weighted by Gasteiger charge is -2.10. The Morgan fingerprint density at radius 2 is 1.88 bits per heavy atom. The van der Waals surface area contributed by atoms with Crippen LogP contribution in [0.15, 0.2) is 54.7 Å². The van der Waals surface area contributed by atoms with Gasteiger partial charge in [-0.05, 0) is 43.2 Å². The molecule has 0 saturated carbocycles. The van der Waals surface area contributed by atoms with E-state index in [1.807, 2.05) is 50.2 Å². The van der Waals surface area contributed by atoms with E-state index in [2.05, 4.69) is 15.3 Å². The highest BCUT2D eigenvalue weighted by molar-refractivity contribution is 6.30. The zero-order valence-electron chi connectivity index (χ0n) is 14.1. The summed E-state index contributed by atoms with van der Waals surface area (Å²) in [6.07, 6.45) is 2.22. The molecule has 0 radical (unpaired) electrons. The molecule has 3 rings (SSSR count). The highest BCUT2D eigenvalue weighted by Gasteiger charge is 2.13. The van der Waals surface area contributed by atoms with E-state index in [1.54, 1.807) is 18.3 Å². The Kier molecular flexibility index (Phi) is 5.10. The maximum absolute atomic E-state index is 12.5. The third-order valence-corrected chi connectivity index (χ3v) is 4.15. The standard InChI is InChI=1S/C20H18ClN3O/c1-13-10-16(21)8-9-18(13)24-20(25)17-12-22-19(23-14(17)2)11-15-6-4-3-5-7-15/h3-10,12H,11H2,1-2H3,(H,24,25). The van der Waals surface area contributed by atoms with Crippen molar-refractivity contribution in [2.75, 3.05) is 5.32 Å². The maximum Gasteiger partial charge on any atom is 0.259 e. The predicted octanol–water partition coefficient (Wildman–Crippen LogP) is 4.59. The van der Waals surface area contributed by atoms with Crippen LogP contribution in [0.1, 0.15) is 33.0 Å². The Hall–Kier alpha value is -2.72. The van der Waals surface area contributed by atoms with Crippen molar-refractivity contribution < 1.29 is 4.79 Å². The molecule has 0 unspecified atom stereocenters. The third kappa shape index (κ3) is 4.22. The summed E-state index contributed by atoms with van der Waals surface area (Å²) >= 11 is 5.95. The van der Waals surface area contributed by atoms with Gasteiger partial charge in [-0.1, -0.05) is 41.9 Å². The number of nitrogens with one attached hydrogen (secondary N) is 1. The topological polar surface area (TPSA) is 54.9 Å². The lowest BCUT2D eigenvalue weighted by atomic mass is 10.1. The molecule has 0 bridgehead atoms. The molecule has 5 heteroatoms. The molecule has 1 N–H and O–H groups in total. The van der Waals surface area contributed by atoms with Gasteiger partial charge in [-0.15, -0.1) is 0 Å². The van der Waals surface area contributed by atoms with Crippen LogP contribution < -0.4 is 5.32 Å². The molecule has 0 spiro atoms. The van der Waals surface area contributed by atoms with Crippen molar-refractivity contribution in [2.24, 2.45) is 0 Å². The second-order valence-electron chi connectivity index (χ2n) is 5.86. The van der Waals surface area contributed by atoms with Gasteiger partial charge >= 0.3 is 0 Å². The zero-order chi connectivity index (χ0) is 17.8. The van der Waals surface area contributed by atoms with Crippen LogP contribution in [0.3, 0.4) is 0 Å². The van der Waals surface area contributed by atoms with Crippen molar-refractivity contribution in [2.45, 2.75) is 20.3 Å². The summed E-state index contributed by atoms with van der Waals surface area (Å²) in [4.78, 5) is 21.3. The summed E-state index contributed by atoms with van der Waals surface area (Å²) in [5, 5.41) is 3.53. The summed E-state index contributed by atoms with van der Waals surface area (Å²) in [6.45, 7) is 3.72. The molecule has 0 aliphatic carbocycles. The number of benzene rings is 2. The van der Waals surface area contributed by atoms with Crippen molar-refractivity contribution in [3.63, 3.8) is 0 Å². The molecule has 0 fully saturated rings. The number of rotatable bonds is 4. The van der Waals surface area contributed by atoms with E-state index in [0.717, 1.165) is 16.8 Å². The molecular weight excluding hydrogens is 334 g/mol. The molecule has 3 aromatic rings. The lowest BCUT2D eigenvalue weighted by molar-refractivity contribution is 0.102. The number of carbonyl (C=O) groups is 1. The summed E-state index contributed by atoms with van der Waals surface area (Å²) in [6, 6.07) is 15.3. The molecule has 126 valence electrons. The fraction of sp³-hybridized carbons (Fsp3) is 0.150. The van der Waals surface area contributed by atoms with Gasteiger partial charge in [-0.3, -0.25) is 4.79 Å². The van der Waals surface area contributed by atoms with Crippen LogP contribution in [0.5, 0.6) is 0 Å². The summed E-state index contributed by atoms with van der Waals surface area (Å²) in [5.74, 6) is 0.470. The van der Waals surface area contributed by atoms with Gasteiger partial charge in [0.1, 0.15) is 5.82 Å². The highest BCUT2D eigenvalue weighted by atomic mass is 35.5. The molecular formula is C20H18ClN3O. The average molecular weight is 352 g/mol. The number of anilines is 1. The van der Waals surface area contributed by atoms with Gasteiger partial charge < -0.3 is 5.32 Å². The monoisotopic (exact) mass is 351 g/mol. The first-order valence-corrected chi connectivity index (χ1v) is 8.34. The molecule has 1 amide bonds. The Morgan fingerprint density at radius 1 is 1.12 bits per heavy atom. The van der Waals surface area contributed by atoms with Gasteiger partial charge in [0, 0.05) is 23.3 Å². The van der Waals surface area contributed by atoms with Gasteiger partial charge in [0.05, 0.1) is 11.3 Å². The fourth-order valence-corrected chi connectivity index (χ4v) is 2.79. The molecule has 1 aromatic heterocycles. The second kappa shape index (κ2) is 7.45. The Labute approximate surface area is 151 Å². The minimum Gasteiger partial charge on any atom is -0.322 e. The van der Waals surface area contributed by atoms with Gasteiger partial charge in [0.2, 0.25) is 0 Å². The zero-order valence-corrected chi connectivity index (χ0v) is 14.8. The highest BCUT2D eigenvalue weighted by Crippen LogP contribution is 2.20. The fourth-order valence-electron chi connectivity index (χ4n) is 2.56. The number of nitrogens with zero attached hydrogens (tertiary/aromatic N) is 2. The number of amides is 1. The first kappa shape index (κ1) is 17.1. The maximum atomic E-state index is 12.5. The molecule has 0 saturated heterocycles. The van der Waals surface area contributed by atoms with Crippen LogP contribution in [-0.4, -0.2) is 15.9 Å². The van der Waals surface area contributed by atoms with Crippen molar-refractivity contribution in [3.8, 4) is 0 Å². The SMILES string of the molecule is Cc1cc(Cl)ccc1NC(=O)c1cnc(Cc2ccccc2)nc1C. The normalized spacial score (nSPS) is 10.5. The van der Waals surface area contributed by atoms with Crippen molar-refractivity contribution in [1.82, 2.24) is 9.97 Å². The Bertz CT molecular complexity index is 910. The molecule has 1 heterocycles. The van der Waals surface area contributed by atoms with Crippen LogP contribution in [0, 0.1) is 13.8 Å². The average Bonchev–Trinajstić information content (AvgIpc) is 2.58. The van der Waals surface area contributed by atoms with Gasteiger partial charge in [-0.2, -0.15) is 0 Å². The van der Waals surface area contributed by atoms with E-state index in [-0.39, 0.29) is 5.91 Å². The molecule has 2 aromatic carbocycles. The van der Waals surface area contributed by atoms with E-state index in [1.165, 1.54) is 0 Å². The van der Waals surface area contributed by atoms with E-state index < -0.39 is 0 Å². The number of aryl methyl sites for hydroxylation is 2. The Morgan fingerprint density at radius 3 is 2.56 bits per heavy atom. The van der Waals surface area contributed by atoms with Crippen LogP contribution in [0.25, 0.3) is 0 Å². The van der Waals surface area contributed by atoms with Crippen molar-refractivity contribution in [1.29, 1.82) is 0 Å². The predicted molar refractivity (Wildman–Crippen MR) is 100 cm³/mol. The smallest absolute Gasteiger partial charge is 0.259 e. The van der Waals surface area contributed by atoms with Crippen molar-refractivity contribution in [3.05, 3.63) is 88.0 Å². The number of hydrogen-bond donors (Lipinski definition) is 1. The molecule has 4 nitrogen and oxygen atoms in total. The molecule has 0 aliphatic rings. The number of aromatic nitrogens is 2. The minimum atomic E-state index is -0.228. The number of halogens is 1. The number of hydrogen-bond acceptors (Lipinski definition) is 3. The molecule has 0 aliphatic heterocycles. The van der Waals surface area contributed by atoms with Crippen LogP contribution in [0.2, 0.25) is 5.02 Å². The largest absolute Gasteiger partial charge is 0.322 e. The van der Waals surface area contributed by atoms with Crippen molar-refractivity contribution >= 4 is 23.2 Å². The van der Waals surface area contributed by atoms with Gasteiger partial charge in [-0.25, -0.2) is 9.97 Å². The first-order valence-electron chi connectivity index (χ1n) is 7.97.